The molecule has 0 aliphatic carbocycles. The molecular weight excluding hydrogens is 440 g/mol. The maximum atomic E-state index is 5.59. The first kappa shape index (κ1) is 26.5. The van der Waals surface area contributed by atoms with Crippen LogP contribution in [0.4, 0.5) is 11.9 Å². The quantitative estimate of drug-likeness (QED) is 0.314. The third-order valence-corrected chi connectivity index (χ3v) is 5.38. The molecular formula is C27H38N6O2. The lowest BCUT2D eigenvalue weighted by Gasteiger charge is -2.19. The Hall–Kier alpha value is -3.07. The van der Waals surface area contributed by atoms with Gasteiger partial charge in [-0.05, 0) is 23.5 Å². The molecule has 0 spiro atoms. The van der Waals surface area contributed by atoms with Gasteiger partial charge in [0.25, 0.3) is 0 Å². The second-order valence-electron chi connectivity index (χ2n) is 9.41. The minimum Gasteiger partial charge on any atom is -0.378 e. The fourth-order valence-corrected chi connectivity index (χ4v) is 3.31. The smallest absolute Gasteiger partial charge is 0.228 e. The van der Waals surface area contributed by atoms with E-state index in [9.17, 15) is 0 Å². The number of aromatic nitrogens is 3. The number of ether oxygens (including phenoxy) is 2. The van der Waals surface area contributed by atoms with Gasteiger partial charge in [-0.25, -0.2) is 0 Å². The van der Waals surface area contributed by atoms with E-state index in [1.165, 1.54) is 11.1 Å². The van der Waals surface area contributed by atoms with Crippen LogP contribution in [0.1, 0.15) is 37.5 Å². The van der Waals surface area contributed by atoms with Gasteiger partial charge in [0, 0.05) is 25.2 Å². The first-order valence-corrected chi connectivity index (χ1v) is 12.1. The Morgan fingerprint density at radius 3 is 2.03 bits per heavy atom. The topological polar surface area (TPSA) is 107 Å². The average Bonchev–Trinajstić information content (AvgIpc) is 2.85. The van der Waals surface area contributed by atoms with Crippen LogP contribution in [-0.4, -0.2) is 54.5 Å². The van der Waals surface area contributed by atoms with Crippen molar-refractivity contribution in [1.29, 1.82) is 0 Å². The van der Waals surface area contributed by atoms with Crippen molar-refractivity contribution in [2.75, 3.05) is 50.2 Å². The summed E-state index contributed by atoms with van der Waals surface area (Å²) < 4.78 is 10.9. The van der Waals surface area contributed by atoms with Crippen LogP contribution in [0.25, 0.3) is 11.4 Å². The van der Waals surface area contributed by atoms with Crippen LogP contribution in [0.15, 0.2) is 48.5 Å². The third-order valence-electron chi connectivity index (χ3n) is 5.38. The van der Waals surface area contributed by atoms with Gasteiger partial charge in [-0.2, -0.15) is 15.0 Å². The van der Waals surface area contributed by atoms with Gasteiger partial charge in [-0.3, -0.25) is 0 Å². The summed E-state index contributed by atoms with van der Waals surface area (Å²) in [6.45, 7) is 12.5. The maximum absolute atomic E-state index is 5.59. The van der Waals surface area contributed by atoms with Gasteiger partial charge in [0.2, 0.25) is 11.9 Å². The maximum Gasteiger partial charge on any atom is 0.228 e. The largest absolute Gasteiger partial charge is 0.378 e. The van der Waals surface area contributed by atoms with Gasteiger partial charge >= 0.3 is 0 Å². The molecule has 188 valence electrons. The number of aryl methyl sites for hydroxylation is 1. The number of hydrogen-bond donors (Lipinski definition) is 3. The number of benzene rings is 2. The molecule has 3 rings (SSSR count). The summed E-state index contributed by atoms with van der Waals surface area (Å²) >= 11 is 0. The Morgan fingerprint density at radius 1 is 0.771 bits per heavy atom. The van der Waals surface area contributed by atoms with Crippen molar-refractivity contribution in [3.05, 3.63) is 65.2 Å². The summed E-state index contributed by atoms with van der Waals surface area (Å²) in [6, 6.07) is 16.8. The number of nitrogens with one attached hydrogen (secondary N) is 2. The molecule has 8 heteroatoms. The monoisotopic (exact) mass is 478 g/mol. The number of hydrogen-bond acceptors (Lipinski definition) is 8. The molecule has 0 saturated carbocycles. The molecule has 0 unspecified atom stereocenters. The highest BCUT2D eigenvalue weighted by Crippen LogP contribution is 2.25. The van der Waals surface area contributed by atoms with Gasteiger partial charge in [-0.1, -0.05) is 74.9 Å². The van der Waals surface area contributed by atoms with Crippen LogP contribution in [-0.2, 0) is 21.4 Å². The van der Waals surface area contributed by atoms with E-state index < -0.39 is 0 Å². The summed E-state index contributed by atoms with van der Waals surface area (Å²) in [6.07, 6.45) is 0. The molecule has 1 heterocycles. The molecule has 4 N–H and O–H groups in total. The lowest BCUT2D eigenvalue weighted by atomic mass is 9.87. The van der Waals surface area contributed by atoms with Crippen molar-refractivity contribution in [2.45, 2.75) is 39.7 Å². The molecule has 1 aromatic heterocycles. The second kappa shape index (κ2) is 13.1. The van der Waals surface area contributed by atoms with Crippen LogP contribution in [0.5, 0.6) is 0 Å². The number of rotatable bonds is 13. The minimum absolute atomic E-state index is 0.0838. The van der Waals surface area contributed by atoms with Crippen LogP contribution >= 0.6 is 0 Å². The molecule has 0 amide bonds. The highest BCUT2D eigenvalue weighted by atomic mass is 16.5. The third kappa shape index (κ3) is 8.90. The first-order valence-electron chi connectivity index (χ1n) is 12.1. The van der Waals surface area contributed by atoms with Crippen LogP contribution < -0.4 is 16.4 Å². The van der Waals surface area contributed by atoms with Gasteiger partial charge in [0.1, 0.15) is 0 Å². The Bertz CT molecular complexity index is 1030. The summed E-state index contributed by atoms with van der Waals surface area (Å²) in [4.78, 5) is 13.9. The molecule has 0 radical (unpaired) electrons. The first-order chi connectivity index (χ1) is 16.8. The predicted octanol–water partition coefficient (Wildman–Crippen LogP) is 4.16. The van der Waals surface area contributed by atoms with Crippen molar-refractivity contribution < 1.29 is 9.47 Å². The SMILES string of the molecule is Cc1ccc(CNc2nc(NCCOCCOCCN)nc(-c3ccc(C(C)(C)C)cc3)n2)cc1. The standard InChI is InChI=1S/C27H38N6O2/c1-20-5-7-21(8-6-20)19-30-26-32-24(22-9-11-23(12-10-22)27(2,3)4)31-25(33-26)29-14-16-35-18-17-34-15-13-28/h5-12H,13-19,28H2,1-4H3,(H2,29,30,31,32,33). The van der Waals surface area contributed by atoms with Crippen molar-refractivity contribution >= 4 is 11.9 Å². The molecule has 35 heavy (non-hydrogen) atoms. The van der Waals surface area contributed by atoms with E-state index in [0.29, 0.717) is 63.8 Å². The highest BCUT2D eigenvalue weighted by Gasteiger charge is 2.14. The van der Waals surface area contributed by atoms with E-state index in [1.807, 2.05) is 0 Å². The van der Waals surface area contributed by atoms with Crippen LogP contribution in [0, 0.1) is 6.92 Å². The Kier molecular flexibility index (Phi) is 9.96. The lowest BCUT2D eigenvalue weighted by molar-refractivity contribution is 0.0547. The summed E-state index contributed by atoms with van der Waals surface area (Å²) in [5.74, 6) is 1.64. The van der Waals surface area contributed by atoms with Crippen LogP contribution in [0.3, 0.4) is 0 Å². The molecule has 0 saturated heterocycles. The van der Waals surface area contributed by atoms with Gasteiger partial charge in [0.05, 0.1) is 26.4 Å². The molecule has 8 nitrogen and oxygen atoms in total. The Balaban J connectivity index is 1.69. The fraction of sp³-hybridized carbons (Fsp3) is 0.444. The molecule has 0 atom stereocenters. The van der Waals surface area contributed by atoms with E-state index in [1.54, 1.807) is 0 Å². The van der Waals surface area contributed by atoms with Crippen molar-refractivity contribution in [3.8, 4) is 11.4 Å². The normalized spacial score (nSPS) is 11.5. The zero-order valence-corrected chi connectivity index (χ0v) is 21.3. The minimum atomic E-state index is 0.0838. The molecule has 2 aromatic carbocycles. The second-order valence-corrected chi connectivity index (χ2v) is 9.41. The van der Waals surface area contributed by atoms with E-state index >= 15 is 0 Å². The van der Waals surface area contributed by atoms with E-state index in [4.69, 9.17) is 15.2 Å². The average molecular weight is 479 g/mol. The van der Waals surface area contributed by atoms with Gasteiger partial charge in [-0.15, -0.1) is 0 Å². The number of nitrogens with two attached hydrogens (primary N) is 1. The van der Waals surface area contributed by atoms with Gasteiger partial charge in [0.15, 0.2) is 5.82 Å². The molecule has 0 bridgehead atoms. The summed E-state index contributed by atoms with van der Waals surface area (Å²) in [5, 5.41) is 6.59. The lowest BCUT2D eigenvalue weighted by Crippen LogP contribution is -2.16. The van der Waals surface area contributed by atoms with E-state index in [2.05, 4.69) is 102 Å². The summed E-state index contributed by atoms with van der Waals surface area (Å²) in [5.41, 5.74) is 10.1. The van der Waals surface area contributed by atoms with Crippen molar-refractivity contribution in [3.63, 3.8) is 0 Å². The predicted molar refractivity (Wildman–Crippen MR) is 142 cm³/mol. The zero-order valence-electron chi connectivity index (χ0n) is 21.3. The van der Waals surface area contributed by atoms with E-state index in [-0.39, 0.29) is 5.41 Å². The van der Waals surface area contributed by atoms with Crippen molar-refractivity contribution in [2.24, 2.45) is 5.73 Å². The van der Waals surface area contributed by atoms with Crippen LogP contribution in [0.2, 0.25) is 0 Å². The Morgan fingerprint density at radius 2 is 1.40 bits per heavy atom. The number of anilines is 2. The Labute approximate surface area is 208 Å². The van der Waals surface area contributed by atoms with Crippen molar-refractivity contribution in [1.82, 2.24) is 15.0 Å². The zero-order chi connectivity index (χ0) is 25.1. The molecule has 0 aliphatic heterocycles. The highest BCUT2D eigenvalue weighted by molar-refractivity contribution is 5.59. The molecule has 0 fully saturated rings. The van der Waals surface area contributed by atoms with E-state index in [0.717, 1.165) is 11.1 Å². The number of nitrogens with zero attached hydrogens (tertiary/aromatic N) is 3. The molecule has 0 aliphatic rings. The fourth-order valence-electron chi connectivity index (χ4n) is 3.31. The van der Waals surface area contributed by atoms with Gasteiger partial charge < -0.3 is 25.8 Å². The molecule has 3 aromatic rings. The summed E-state index contributed by atoms with van der Waals surface area (Å²) in [7, 11) is 0.